The molecule has 0 aromatic carbocycles. The third-order valence-electron chi connectivity index (χ3n) is 2.06. The maximum atomic E-state index is 10.7. The predicted molar refractivity (Wildman–Crippen MR) is 65.7 cm³/mol. The number of aliphatic hydroxyl groups is 2. The smallest absolute Gasteiger partial charge is 0.222 e. The summed E-state index contributed by atoms with van der Waals surface area (Å²) in [7, 11) is 1.68. The van der Waals surface area contributed by atoms with Crippen molar-refractivity contribution in [2.45, 2.75) is 19.1 Å². The zero-order valence-electron chi connectivity index (χ0n) is 9.62. The lowest BCUT2D eigenvalue weighted by molar-refractivity contribution is -0.109. The van der Waals surface area contributed by atoms with Crippen LogP contribution in [-0.4, -0.2) is 44.2 Å². The van der Waals surface area contributed by atoms with Crippen LogP contribution in [0.3, 0.4) is 0 Å². The molecule has 0 saturated carbocycles. The van der Waals surface area contributed by atoms with Crippen molar-refractivity contribution in [2.24, 2.45) is 0 Å². The summed E-state index contributed by atoms with van der Waals surface area (Å²) in [6, 6.07) is 0. The van der Waals surface area contributed by atoms with Gasteiger partial charge in [0.1, 0.15) is 6.10 Å². The minimum absolute atomic E-state index is 0.0990. The first-order valence-corrected chi connectivity index (χ1v) is 6.02. The molecule has 3 N–H and O–H groups in total. The highest BCUT2D eigenvalue weighted by Gasteiger charge is 2.19. The molecule has 0 aliphatic carbocycles. The molecule has 0 amide bonds. The van der Waals surface area contributed by atoms with Crippen LogP contribution in [0.1, 0.15) is 18.6 Å². The maximum Gasteiger partial charge on any atom is 0.222 e. The van der Waals surface area contributed by atoms with Crippen molar-refractivity contribution >= 4 is 22.8 Å². The summed E-state index contributed by atoms with van der Waals surface area (Å²) in [6.07, 6.45) is 0.761. The average molecular weight is 257 g/mol. The Balaban J connectivity index is 2.60. The third kappa shape index (κ3) is 4.29. The number of nitrogens with zero attached hydrogens (tertiary/aromatic N) is 2. The molecule has 2 unspecified atom stereocenters. The Morgan fingerprint density at radius 2 is 2.06 bits per heavy atom. The molecule has 94 valence electrons. The van der Waals surface area contributed by atoms with Crippen LogP contribution in [0.5, 0.6) is 0 Å². The SMILES string of the molecule is CNc1ncc(C(O)C(O)CSC(C)=O)cn1. The van der Waals surface area contributed by atoms with E-state index in [1.54, 1.807) is 7.05 Å². The van der Waals surface area contributed by atoms with Crippen molar-refractivity contribution in [3.63, 3.8) is 0 Å². The summed E-state index contributed by atoms with van der Waals surface area (Å²) in [6.45, 7) is 1.41. The topological polar surface area (TPSA) is 95.3 Å². The summed E-state index contributed by atoms with van der Waals surface area (Å²) in [4.78, 5) is 18.6. The molecule has 0 saturated heterocycles. The number of hydrogen-bond acceptors (Lipinski definition) is 7. The molecule has 1 rings (SSSR count). The van der Waals surface area contributed by atoms with E-state index in [2.05, 4.69) is 15.3 Å². The molecule has 0 aliphatic rings. The van der Waals surface area contributed by atoms with Crippen molar-refractivity contribution < 1.29 is 15.0 Å². The number of anilines is 1. The molecule has 0 fully saturated rings. The first-order chi connectivity index (χ1) is 8.04. The fraction of sp³-hybridized carbons (Fsp3) is 0.500. The van der Waals surface area contributed by atoms with Gasteiger partial charge in [-0.1, -0.05) is 11.8 Å². The average Bonchev–Trinajstić information content (AvgIpc) is 2.35. The van der Waals surface area contributed by atoms with Crippen LogP contribution >= 0.6 is 11.8 Å². The highest BCUT2D eigenvalue weighted by Crippen LogP contribution is 2.19. The van der Waals surface area contributed by atoms with E-state index in [1.165, 1.54) is 19.3 Å². The van der Waals surface area contributed by atoms with E-state index in [4.69, 9.17) is 0 Å². The Hall–Kier alpha value is -1.18. The summed E-state index contributed by atoms with van der Waals surface area (Å²) in [5.74, 6) is 0.582. The molecule has 0 bridgehead atoms. The van der Waals surface area contributed by atoms with E-state index < -0.39 is 12.2 Å². The summed E-state index contributed by atoms with van der Waals surface area (Å²) < 4.78 is 0. The van der Waals surface area contributed by atoms with Crippen LogP contribution in [0.2, 0.25) is 0 Å². The zero-order chi connectivity index (χ0) is 12.8. The quantitative estimate of drug-likeness (QED) is 0.693. The second kappa shape index (κ2) is 6.53. The standard InChI is InChI=1S/C10H15N3O3S/c1-6(14)17-5-8(15)9(16)7-3-12-10(11-2)13-4-7/h3-4,8-9,15-16H,5H2,1-2H3,(H,11,12,13). The molecular formula is C10H15N3O3S. The Kier molecular flexibility index (Phi) is 5.33. The number of carbonyl (C=O) groups is 1. The van der Waals surface area contributed by atoms with Gasteiger partial charge in [0.05, 0.1) is 6.10 Å². The minimum atomic E-state index is -1.09. The van der Waals surface area contributed by atoms with E-state index in [1.807, 2.05) is 0 Å². The second-order valence-corrected chi connectivity index (χ2v) is 4.60. The van der Waals surface area contributed by atoms with Crippen LogP contribution in [0.25, 0.3) is 0 Å². The van der Waals surface area contributed by atoms with Gasteiger partial charge in [-0.05, 0) is 0 Å². The van der Waals surface area contributed by atoms with Crippen molar-refractivity contribution in [1.29, 1.82) is 0 Å². The number of aliphatic hydroxyl groups excluding tert-OH is 2. The van der Waals surface area contributed by atoms with Gasteiger partial charge in [0.25, 0.3) is 0 Å². The van der Waals surface area contributed by atoms with E-state index in [-0.39, 0.29) is 10.9 Å². The fourth-order valence-corrected chi connectivity index (χ4v) is 1.72. The van der Waals surface area contributed by atoms with Crippen molar-refractivity contribution in [3.05, 3.63) is 18.0 Å². The first-order valence-electron chi connectivity index (χ1n) is 5.03. The maximum absolute atomic E-state index is 10.7. The molecule has 0 spiro atoms. The van der Waals surface area contributed by atoms with Gasteiger partial charge in [-0.25, -0.2) is 9.97 Å². The van der Waals surface area contributed by atoms with Crippen molar-refractivity contribution in [1.82, 2.24) is 9.97 Å². The molecule has 6 nitrogen and oxygen atoms in total. The Morgan fingerprint density at radius 1 is 1.47 bits per heavy atom. The van der Waals surface area contributed by atoms with Gasteiger partial charge >= 0.3 is 0 Å². The first kappa shape index (κ1) is 13.9. The fourth-order valence-electron chi connectivity index (χ4n) is 1.14. The number of thioether (sulfide) groups is 1. The monoisotopic (exact) mass is 257 g/mol. The number of hydrogen-bond donors (Lipinski definition) is 3. The number of nitrogens with one attached hydrogen (secondary N) is 1. The Labute approximate surface area is 103 Å². The van der Waals surface area contributed by atoms with E-state index in [0.29, 0.717) is 11.5 Å². The van der Waals surface area contributed by atoms with Crippen molar-refractivity contribution in [2.75, 3.05) is 18.1 Å². The molecule has 1 aromatic heterocycles. The van der Waals surface area contributed by atoms with E-state index >= 15 is 0 Å². The second-order valence-electron chi connectivity index (χ2n) is 3.40. The lowest BCUT2D eigenvalue weighted by atomic mass is 10.1. The predicted octanol–water partition coefficient (Wildman–Crippen LogP) is 0.192. The number of rotatable bonds is 5. The van der Waals surface area contributed by atoms with E-state index in [9.17, 15) is 15.0 Å². The highest BCUT2D eigenvalue weighted by molar-refractivity contribution is 8.13. The molecule has 0 radical (unpaired) electrons. The van der Waals surface area contributed by atoms with Gasteiger partial charge in [0.2, 0.25) is 5.95 Å². The van der Waals surface area contributed by atoms with Gasteiger partial charge in [-0.3, -0.25) is 4.79 Å². The van der Waals surface area contributed by atoms with Crippen LogP contribution in [0, 0.1) is 0 Å². The van der Waals surface area contributed by atoms with Crippen molar-refractivity contribution in [3.8, 4) is 0 Å². The molecule has 7 heteroatoms. The third-order valence-corrected chi connectivity index (χ3v) is 2.97. The Bertz CT molecular complexity index is 372. The van der Waals surface area contributed by atoms with Gasteiger partial charge < -0.3 is 15.5 Å². The van der Waals surface area contributed by atoms with E-state index in [0.717, 1.165) is 11.8 Å². The molecule has 2 atom stereocenters. The summed E-state index contributed by atoms with van der Waals surface area (Å²) >= 11 is 0.968. The normalized spacial score (nSPS) is 14.1. The molecule has 1 aromatic rings. The highest BCUT2D eigenvalue weighted by atomic mass is 32.2. The summed E-state index contributed by atoms with van der Waals surface area (Å²) in [5, 5.41) is 22.1. The molecule has 0 aliphatic heterocycles. The van der Waals surface area contributed by atoms with Gasteiger partial charge in [0, 0.05) is 37.7 Å². The van der Waals surface area contributed by atoms with Gasteiger partial charge in [-0.2, -0.15) is 0 Å². The lowest BCUT2D eigenvalue weighted by Gasteiger charge is -2.16. The number of carbonyl (C=O) groups excluding carboxylic acids is 1. The van der Waals surface area contributed by atoms with Crippen LogP contribution in [-0.2, 0) is 4.79 Å². The largest absolute Gasteiger partial charge is 0.389 e. The number of aromatic nitrogens is 2. The Morgan fingerprint density at radius 3 is 2.53 bits per heavy atom. The van der Waals surface area contributed by atoms with Crippen LogP contribution in [0.15, 0.2) is 12.4 Å². The summed E-state index contributed by atoms with van der Waals surface area (Å²) in [5.41, 5.74) is 0.417. The minimum Gasteiger partial charge on any atom is -0.389 e. The molecule has 17 heavy (non-hydrogen) atoms. The molecule has 1 heterocycles. The lowest BCUT2D eigenvalue weighted by Crippen LogP contribution is -2.21. The molecular weight excluding hydrogens is 242 g/mol. The van der Waals surface area contributed by atoms with Gasteiger partial charge in [0.15, 0.2) is 5.12 Å². The van der Waals surface area contributed by atoms with Crippen LogP contribution in [0.4, 0.5) is 5.95 Å². The zero-order valence-corrected chi connectivity index (χ0v) is 10.4. The van der Waals surface area contributed by atoms with Crippen LogP contribution < -0.4 is 5.32 Å². The van der Waals surface area contributed by atoms with Gasteiger partial charge in [-0.15, -0.1) is 0 Å².